The number of nitrogens with one attached hydrogen (secondary N) is 1. The summed E-state index contributed by atoms with van der Waals surface area (Å²) in [4.78, 5) is 13.2. The second-order valence-corrected chi connectivity index (χ2v) is 10.7. The van der Waals surface area contributed by atoms with Gasteiger partial charge in [0, 0.05) is 5.02 Å². The first-order chi connectivity index (χ1) is 15.8. The summed E-state index contributed by atoms with van der Waals surface area (Å²) in [6.07, 6.45) is 3.32. The summed E-state index contributed by atoms with van der Waals surface area (Å²) in [5.41, 5.74) is 4.81. The molecule has 0 bridgehead atoms. The van der Waals surface area contributed by atoms with Crippen LogP contribution in [0.15, 0.2) is 71.6 Å². The third-order valence-corrected chi connectivity index (χ3v) is 8.06. The summed E-state index contributed by atoms with van der Waals surface area (Å²) in [5, 5.41) is 3.47. The Labute approximate surface area is 200 Å². The van der Waals surface area contributed by atoms with Gasteiger partial charge in [0.2, 0.25) is 5.91 Å². The van der Waals surface area contributed by atoms with Crippen LogP contribution < -0.4 is 9.62 Å². The van der Waals surface area contributed by atoms with E-state index in [2.05, 4.69) is 17.4 Å². The summed E-state index contributed by atoms with van der Waals surface area (Å²) in [6, 6.07) is 19.2. The average molecular weight is 483 g/mol. The van der Waals surface area contributed by atoms with Crippen molar-refractivity contribution in [1.29, 1.82) is 0 Å². The smallest absolute Gasteiger partial charge is 0.264 e. The van der Waals surface area contributed by atoms with E-state index in [0.717, 1.165) is 29.1 Å². The lowest BCUT2D eigenvalue weighted by Gasteiger charge is -2.26. The van der Waals surface area contributed by atoms with Crippen LogP contribution in [0.5, 0.6) is 0 Å². The predicted molar refractivity (Wildman–Crippen MR) is 132 cm³/mol. The molecular formula is C26H27ClN2O3S. The Morgan fingerprint density at radius 2 is 1.76 bits per heavy atom. The number of carbonyl (C=O) groups is 1. The third kappa shape index (κ3) is 5.07. The SMILES string of the molecule is Cc1cc(Cl)ccc1N(CC(=O)NC(C)c1ccc2c(c1)CCC2)S(=O)(=O)c1ccccc1. The Bertz CT molecular complexity index is 1280. The van der Waals surface area contributed by atoms with Gasteiger partial charge < -0.3 is 5.32 Å². The minimum atomic E-state index is -3.96. The zero-order valence-electron chi connectivity index (χ0n) is 18.7. The van der Waals surface area contributed by atoms with Crippen LogP contribution in [-0.2, 0) is 27.7 Å². The molecule has 33 heavy (non-hydrogen) atoms. The summed E-state index contributed by atoms with van der Waals surface area (Å²) < 4.78 is 28.2. The van der Waals surface area contributed by atoms with Crippen LogP contribution in [0.25, 0.3) is 0 Å². The van der Waals surface area contributed by atoms with Gasteiger partial charge in [0.25, 0.3) is 10.0 Å². The summed E-state index contributed by atoms with van der Waals surface area (Å²) in [6.45, 7) is 3.35. The summed E-state index contributed by atoms with van der Waals surface area (Å²) >= 11 is 6.09. The number of anilines is 1. The van der Waals surface area contributed by atoms with Crippen LogP contribution in [-0.4, -0.2) is 20.9 Å². The summed E-state index contributed by atoms with van der Waals surface area (Å²) in [7, 11) is -3.96. The average Bonchev–Trinajstić information content (AvgIpc) is 3.26. The summed E-state index contributed by atoms with van der Waals surface area (Å²) in [5.74, 6) is -0.378. The molecule has 0 radical (unpaired) electrons. The van der Waals surface area contributed by atoms with Crippen molar-refractivity contribution in [3.05, 3.63) is 94.0 Å². The molecule has 1 aliphatic carbocycles. The van der Waals surface area contributed by atoms with E-state index in [-0.39, 0.29) is 23.4 Å². The van der Waals surface area contributed by atoms with Gasteiger partial charge in [0.05, 0.1) is 16.6 Å². The van der Waals surface area contributed by atoms with E-state index in [4.69, 9.17) is 11.6 Å². The second kappa shape index (κ2) is 9.57. The monoisotopic (exact) mass is 482 g/mol. The van der Waals surface area contributed by atoms with Gasteiger partial charge >= 0.3 is 0 Å². The number of fused-ring (bicyclic) bond motifs is 1. The van der Waals surface area contributed by atoms with Gasteiger partial charge in [-0.3, -0.25) is 9.10 Å². The topological polar surface area (TPSA) is 66.5 Å². The van der Waals surface area contributed by atoms with E-state index in [1.165, 1.54) is 23.3 Å². The molecule has 0 aromatic heterocycles. The Morgan fingerprint density at radius 1 is 1.03 bits per heavy atom. The zero-order valence-corrected chi connectivity index (χ0v) is 20.3. The standard InChI is InChI=1S/C26H27ClN2O3S/c1-18-15-23(27)13-14-25(18)29(33(31,32)24-9-4-3-5-10-24)17-26(30)28-19(2)21-12-11-20-7-6-8-22(20)16-21/h3-5,9-16,19H,6-8,17H2,1-2H3,(H,28,30). The van der Waals surface area contributed by atoms with Gasteiger partial charge in [-0.05, 0) is 85.7 Å². The predicted octanol–water partition coefficient (Wildman–Crippen LogP) is 5.21. The maximum Gasteiger partial charge on any atom is 0.264 e. The van der Waals surface area contributed by atoms with E-state index in [9.17, 15) is 13.2 Å². The van der Waals surface area contributed by atoms with Gasteiger partial charge in [-0.1, -0.05) is 48.0 Å². The molecule has 3 aromatic carbocycles. The van der Waals surface area contributed by atoms with E-state index >= 15 is 0 Å². The van der Waals surface area contributed by atoms with Crippen LogP contribution in [0.1, 0.15) is 41.6 Å². The molecule has 4 rings (SSSR count). The van der Waals surface area contributed by atoms with Crippen LogP contribution in [0.4, 0.5) is 5.69 Å². The molecule has 5 nitrogen and oxygen atoms in total. The maximum absolute atomic E-state index is 13.5. The largest absolute Gasteiger partial charge is 0.348 e. The van der Waals surface area contributed by atoms with Crippen molar-refractivity contribution in [3.63, 3.8) is 0 Å². The highest BCUT2D eigenvalue weighted by molar-refractivity contribution is 7.92. The molecule has 1 atom stereocenters. The number of sulfonamides is 1. The van der Waals surface area contributed by atoms with Crippen molar-refractivity contribution < 1.29 is 13.2 Å². The molecule has 172 valence electrons. The molecule has 0 saturated carbocycles. The number of benzene rings is 3. The van der Waals surface area contributed by atoms with Crippen LogP contribution in [0, 0.1) is 6.92 Å². The number of amides is 1. The quantitative estimate of drug-likeness (QED) is 0.502. The van der Waals surface area contributed by atoms with Crippen molar-refractivity contribution in [1.82, 2.24) is 5.32 Å². The first-order valence-corrected chi connectivity index (χ1v) is 12.8. The molecule has 0 spiro atoms. The van der Waals surface area contributed by atoms with Crippen LogP contribution >= 0.6 is 11.6 Å². The van der Waals surface area contributed by atoms with Gasteiger partial charge in [0.15, 0.2) is 0 Å². The molecule has 0 fully saturated rings. The highest BCUT2D eigenvalue weighted by Crippen LogP contribution is 2.29. The number of halogens is 1. The molecule has 7 heteroatoms. The number of nitrogens with zero attached hydrogens (tertiary/aromatic N) is 1. The molecule has 1 unspecified atom stereocenters. The Balaban J connectivity index is 1.60. The van der Waals surface area contributed by atoms with E-state index in [1.807, 2.05) is 13.0 Å². The highest BCUT2D eigenvalue weighted by Gasteiger charge is 2.29. The molecule has 0 heterocycles. The number of aryl methyl sites for hydroxylation is 3. The van der Waals surface area contributed by atoms with Crippen molar-refractivity contribution in [2.45, 2.75) is 44.0 Å². The van der Waals surface area contributed by atoms with Crippen molar-refractivity contribution in [2.75, 3.05) is 10.8 Å². The van der Waals surface area contributed by atoms with Gasteiger partial charge in [-0.25, -0.2) is 8.42 Å². The number of rotatable bonds is 7. The Hall–Kier alpha value is -2.83. The third-order valence-electron chi connectivity index (χ3n) is 6.05. The maximum atomic E-state index is 13.5. The number of hydrogen-bond donors (Lipinski definition) is 1. The fourth-order valence-electron chi connectivity index (χ4n) is 4.28. The Morgan fingerprint density at radius 3 is 2.48 bits per heavy atom. The minimum absolute atomic E-state index is 0.124. The second-order valence-electron chi connectivity index (χ2n) is 8.43. The molecule has 1 N–H and O–H groups in total. The fourth-order valence-corrected chi connectivity index (χ4v) is 6.01. The molecule has 1 amide bonds. The molecule has 1 aliphatic rings. The first-order valence-electron chi connectivity index (χ1n) is 11.0. The zero-order chi connectivity index (χ0) is 23.6. The fraction of sp³-hybridized carbons (Fsp3) is 0.269. The Kier molecular flexibility index (Phi) is 6.77. The molecule has 3 aromatic rings. The van der Waals surface area contributed by atoms with E-state index in [1.54, 1.807) is 43.3 Å². The normalized spacial score (nSPS) is 13.9. The molecular weight excluding hydrogens is 456 g/mol. The lowest BCUT2D eigenvalue weighted by molar-refractivity contribution is -0.120. The lowest BCUT2D eigenvalue weighted by Crippen LogP contribution is -2.41. The highest BCUT2D eigenvalue weighted by atomic mass is 35.5. The lowest BCUT2D eigenvalue weighted by atomic mass is 10.0. The van der Waals surface area contributed by atoms with Crippen LogP contribution in [0.2, 0.25) is 5.02 Å². The van der Waals surface area contributed by atoms with E-state index in [0.29, 0.717) is 16.3 Å². The number of carbonyl (C=O) groups excluding carboxylic acids is 1. The number of hydrogen-bond acceptors (Lipinski definition) is 3. The first kappa shape index (κ1) is 23.3. The van der Waals surface area contributed by atoms with Crippen molar-refractivity contribution in [3.8, 4) is 0 Å². The van der Waals surface area contributed by atoms with Crippen molar-refractivity contribution in [2.24, 2.45) is 0 Å². The van der Waals surface area contributed by atoms with Gasteiger partial charge in [0.1, 0.15) is 6.54 Å². The van der Waals surface area contributed by atoms with Gasteiger partial charge in [-0.15, -0.1) is 0 Å². The molecule has 0 saturated heterocycles. The minimum Gasteiger partial charge on any atom is -0.348 e. The van der Waals surface area contributed by atoms with Gasteiger partial charge in [-0.2, -0.15) is 0 Å². The van der Waals surface area contributed by atoms with Crippen molar-refractivity contribution >= 4 is 33.2 Å². The van der Waals surface area contributed by atoms with E-state index < -0.39 is 10.0 Å². The molecule has 0 aliphatic heterocycles. The van der Waals surface area contributed by atoms with Crippen LogP contribution in [0.3, 0.4) is 0 Å².